The second kappa shape index (κ2) is 9.84. The number of thiazole rings is 1. The molecule has 1 aliphatic heterocycles. The lowest BCUT2D eigenvalue weighted by molar-refractivity contribution is -0.113. The average Bonchev–Trinajstić information content (AvgIpc) is 3.50. The first kappa shape index (κ1) is 23.0. The molecule has 34 heavy (non-hydrogen) atoms. The molecule has 4 heterocycles. The summed E-state index contributed by atoms with van der Waals surface area (Å²) >= 11 is 4.40. The molecule has 0 spiro atoms. The molecule has 4 aromatic rings. The fraction of sp³-hybridized carbons (Fsp3) is 0.280. The summed E-state index contributed by atoms with van der Waals surface area (Å²) in [5.41, 5.74) is 4.58. The fourth-order valence-electron chi connectivity index (χ4n) is 4.11. The number of hydrogen-bond donors (Lipinski definition) is 1. The molecule has 1 aromatic carbocycles. The molecule has 0 radical (unpaired) electrons. The van der Waals surface area contributed by atoms with Crippen molar-refractivity contribution >= 4 is 55.7 Å². The number of thioether (sulfide) groups is 1. The molecule has 0 saturated heterocycles. The van der Waals surface area contributed by atoms with E-state index in [4.69, 9.17) is 4.98 Å². The number of aromatic nitrogens is 2. The maximum absolute atomic E-state index is 12.7. The van der Waals surface area contributed by atoms with Crippen LogP contribution in [0.25, 0.3) is 20.7 Å². The number of nitriles is 1. The van der Waals surface area contributed by atoms with Crippen molar-refractivity contribution in [3.63, 3.8) is 0 Å². The van der Waals surface area contributed by atoms with Crippen molar-refractivity contribution in [3.8, 4) is 16.5 Å². The Bertz CT molecular complexity index is 1350. The summed E-state index contributed by atoms with van der Waals surface area (Å²) < 4.78 is 1.03. The van der Waals surface area contributed by atoms with Crippen LogP contribution in [0.1, 0.15) is 30.7 Å². The topological polar surface area (TPSA) is 81.9 Å². The minimum absolute atomic E-state index is 0.156. The highest BCUT2D eigenvalue weighted by molar-refractivity contribution is 8.00. The maximum Gasteiger partial charge on any atom is 0.236 e. The van der Waals surface area contributed by atoms with E-state index in [9.17, 15) is 10.1 Å². The van der Waals surface area contributed by atoms with Gasteiger partial charge in [-0.05, 0) is 43.0 Å². The molecule has 0 aliphatic carbocycles. The van der Waals surface area contributed by atoms with Crippen LogP contribution in [0.4, 0.5) is 5.13 Å². The number of amides is 1. The quantitative estimate of drug-likeness (QED) is 0.334. The van der Waals surface area contributed by atoms with Crippen LogP contribution in [-0.4, -0.2) is 39.1 Å². The molecule has 1 aliphatic rings. The Kier molecular flexibility index (Phi) is 6.66. The summed E-state index contributed by atoms with van der Waals surface area (Å²) in [7, 11) is 0. The second-order valence-corrected chi connectivity index (χ2v) is 11.3. The molecule has 3 aromatic heterocycles. The van der Waals surface area contributed by atoms with Crippen molar-refractivity contribution in [2.75, 3.05) is 17.6 Å². The van der Waals surface area contributed by atoms with Crippen molar-refractivity contribution in [3.05, 3.63) is 58.6 Å². The standard InChI is InChI=1S/C25H23N5OS3/c1-15(2)30-10-9-18-17(13-30)23(21-8-5-11-32-21)16(12-26)24(27-18)33-14-22(31)29-25-28-19-6-3-4-7-20(19)34-25/h3-8,11,15H,9-10,13-14H2,1-2H3,(H,28,29,31). The monoisotopic (exact) mass is 505 g/mol. The summed E-state index contributed by atoms with van der Waals surface area (Å²) in [6.45, 7) is 6.12. The van der Waals surface area contributed by atoms with Gasteiger partial charge in [0.15, 0.2) is 5.13 Å². The SMILES string of the molecule is CC(C)N1CCc2nc(SCC(=O)Nc3nc4ccccc4s3)c(C#N)c(-c3cccs3)c2C1. The fourth-order valence-corrected chi connectivity index (χ4v) is 6.61. The van der Waals surface area contributed by atoms with E-state index in [1.807, 2.05) is 35.7 Å². The third kappa shape index (κ3) is 4.59. The van der Waals surface area contributed by atoms with E-state index in [0.717, 1.165) is 51.4 Å². The molecule has 5 rings (SSSR count). The van der Waals surface area contributed by atoms with E-state index in [-0.39, 0.29) is 11.7 Å². The zero-order chi connectivity index (χ0) is 23.7. The summed E-state index contributed by atoms with van der Waals surface area (Å²) in [6, 6.07) is 14.7. The number of carbonyl (C=O) groups is 1. The first-order chi connectivity index (χ1) is 16.5. The minimum Gasteiger partial charge on any atom is -0.301 e. The average molecular weight is 506 g/mol. The van der Waals surface area contributed by atoms with Crippen molar-refractivity contribution < 1.29 is 4.79 Å². The molecule has 0 atom stereocenters. The number of hydrogen-bond acceptors (Lipinski definition) is 8. The lowest BCUT2D eigenvalue weighted by atomic mass is 9.95. The number of carbonyl (C=O) groups excluding carboxylic acids is 1. The highest BCUT2D eigenvalue weighted by atomic mass is 32.2. The number of anilines is 1. The highest BCUT2D eigenvalue weighted by Gasteiger charge is 2.27. The van der Waals surface area contributed by atoms with Crippen LogP contribution < -0.4 is 5.32 Å². The first-order valence-corrected chi connectivity index (χ1v) is 13.7. The van der Waals surface area contributed by atoms with E-state index < -0.39 is 0 Å². The Morgan fingerprint density at radius 3 is 2.85 bits per heavy atom. The highest BCUT2D eigenvalue weighted by Crippen LogP contribution is 2.39. The van der Waals surface area contributed by atoms with E-state index in [2.05, 4.69) is 41.2 Å². The summed E-state index contributed by atoms with van der Waals surface area (Å²) in [6.07, 6.45) is 0.836. The minimum atomic E-state index is -0.156. The van der Waals surface area contributed by atoms with Crippen molar-refractivity contribution in [2.24, 2.45) is 0 Å². The van der Waals surface area contributed by atoms with E-state index in [1.54, 1.807) is 11.3 Å². The molecule has 1 N–H and O–H groups in total. The number of pyridine rings is 1. The van der Waals surface area contributed by atoms with Crippen LogP contribution in [0.2, 0.25) is 0 Å². The molecule has 1 amide bonds. The van der Waals surface area contributed by atoms with Gasteiger partial charge in [-0.2, -0.15) is 5.26 Å². The van der Waals surface area contributed by atoms with Crippen LogP contribution in [0.3, 0.4) is 0 Å². The molecule has 0 saturated carbocycles. The Balaban J connectivity index is 1.42. The van der Waals surface area contributed by atoms with Crippen LogP contribution in [0, 0.1) is 11.3 Å². The number of rotatable bonds is 6. The van der Waals surface area contributed by atoms with Crippen LogP contribution in [0.5, 0.6) is 0 Å². The van der Waals surface area contributed by atoms with Crippen molar-refractivity contribution in [1.82, 2.24) is 14.9 Å². The number of fused-ring (bicyclic) bond motifs is 2. The molecular formula is C25H23N5OS3. The third-order valence-corrected chi connectivity index (χ3v) is 8.65. The summed E-state index contributed by atoms with van der Waals surface area (Å²) in [4.78, 5) is 25.6. The van der Waals surface area contributed by atoms with Crippen molar-refractivity contribution in [2.45, 2.75) is 37.9 Å². The normalized spacial score (nSPS) is 13.7. The van der Waals surface area contributed by atoms with Crippen molar-refractivity contribution in [1.29, 1.82) is 5.26 Å². The van der Waals surface area contributed by atoms with Gasteiger partial charge in [-0.1, -0.05) is 41.3 Å². The Morgan fingerprint density at radius 1 is 1.26 bits per heavy atom. The zero-order valence-electron chi connectivity index (χ0n) is 18.9. The van der Waals surface area contributed by atoms with Gasteiger partial charge >= 0.3 is 0 Å². The van der Waals surface area contributed by atoms with Gasteiger partial charge in [0.25, 0.3) is 0 Å². The molecule has 172 valence electrons. The van der Waals surface area contributed by atoms with Gasteiger partial charge < -0.3 is 5.32 Å². The second-order valence-electron chi connectivity index (χ2n) is 8.32. The van der Waals surface area contributed by atoms with Gasteiger partial charge in [0.2, 0.25) is 5.91 Å². The van der Waals surface area contributed by atoms with Gasteiger partial charge in [0.05, 0.1) is 21.5 Å². The predicted molar refractivity (Wildman–Crippen MR) is 140 cm³/mol. The summed E-state index contributed by atoms with van der Waals surface area (Å²) in [5.74, 6) is 0.00870. The van der Waals surface area contributed by atoms with Crippen LogP contribution in [0.15, 0.2) is 46.8 Å². The summed E-state index contributed by atoms with van der Waals surface area (Å²) in [5, 5.41) is 16.3. The molecule has 6 nitrogen and oxygen atoms in total. The number of benzene rings is 1. The lowest BCUT2D eigenvalue weighted by Crippen LogP contribution is -2.36. The smallest absolute Gasteiger partial charge is 0.236 e. The first-order valence-electron chi connectivity index (χ1n) is 11.1. The van der Waals surface area contributed by atoms with Gasteiger partial charge in [-0.3, -0.25) is 9.69 Å². The molecule has 0 bridgehead atoms. The molecule has 0 unspecified atom stereocenters. The van der Waals surface area contributed by atoms with Gasteiger partial charge in [-0.15, -0.1) is 11.3 Å². The van der Waals surface area contributed by atoms with E-state index in [1.165, 1.54) is 23.1 Å². The Labute approximate surface area is 210 Å². The number of thiophene rings is 1. The Hall–Kier alpha value is -2.77. The number of nitrogens with zero attached hydrogens (tertiary/aromatic N) is 4. The molecule has 9 heteroatoms. The van der Waals surface area contributed by atoms with Crippen LogP contribution >= 0.6 is 34.4 Å². The van der Waals surface area contributed by atoms with Crippen LogP contribution in [-0.2, 0) is 17.8 Å². The predicted octanol–water partition coefficient (Wildman–Crippen LogP) is 5.79. The zero-order valence-corrected chi connectivity index (χ0v) is 21.3. The lowest BCUT2D eigenvalue weighted by Gasteiger charge is -2.33. The number of nitrogens with one attached hydrogen (secondary N) is 1. The van der Waals surface area contributed by atoms with Gasteiger partial charge in [0, 0.05) is 41.7 Å². The number of para-hydroxylation sites is 1. The maximum atomic E-state index is 12.7. The van der Waals surface area contributed by atoms with Gasteiger partial charge in [-0.25, -0.2) is 9.97 Å². The third-order valence-electron chi connectivity index (χ3n) is 5.84. The van der Waals surface area contributed by atoms with E-state index >= 15 is 0 Å². The Morgan fingerprint density at radius 2 is 2.12 bits per heavy atom. The molecule has 0 fully saturated rings. The molecular weight excluding hydrogens is 483 g/mol. The largest absolute Gasteiger partial charge is 0.301 e. The van der Waals surface area contributed by atoms with Gasteiger partial charge in [0.1, 0.15) is 11.1 Å². The van der Waals surface area contributed by atoms with E-state index in [0.29, 0.717) is 21.8 Å².